The molecule has 14 heavy (non-hydrogen) atoms. The van der Waals surface area contributed by atoms with Crippen molar-refractivity contribution in [1.29, 1.82) is 0 Å². The molecule has 0 aliphatic heterocycles. The van der Waals surface area contributed by atoms with E-state index in [2.05, 4.69) is 15.2 Å². The van der Waals surface area contributed by atoms with E-state index in [1.807, 2.05) is 0 Å². The van der Waals surface area contributed by atoms with Gasteiger partial charge in [-0.05, 0) is 19.8 Å². The number of rotatable bonds is 6. The van der Waals surface area contributed by atoms with E-state index in [1.165, 1.54) is 0 Å². The molecule has 4 N–H and O–H groups in total. The van der Waals surface area contributed by atoms with Gasteiger partial charge in [0, 0.05) is 13.0 Å². The molecule has 0 heterocycles. The first-order valence-corrected chi connectivity index (χ1v) is 4.57. The number of oxime groups is 1. The lowest BCUT2D eigenvalue weighted by atomic mass is 10.2. The van der Waals surface area contributed by atoms with Crippen molar-refractivity contribution in [2.24, 2.45) is 10.9 Å². The molecule has 6 nitrogen and oxygen atoms in total. The number of hydrogen-bond donors (Lipinski definition) is 3. The fraction of sp³-hybridized carbons (Fsp3) is 0.750. The van der Waals surface area contributed by atoms with Crippen LogP contribution in [0.5, 0.6) is 0 Å². The van der Waals surface area contributed by atoms with Crippen LogP contribution in [0.3, 0.4) is 0 Å². The zero-order valence-corrected chi connectivity index (χ0v) is 8.32. The van der Waals surface area contributed by atoms with Gasteiger partial charge in [-0.25, -0.2) is 4.79 Å². The highest BCUT2D eigenvalue weighted by Crippen LogP contribution is 1.93. The molecule has 6 heteroatoms. The van der Waals surface area contributed by atoms with Crippen LogP contribution >= 0.6 is 0 Å². The number of unbranched alkanes of at least 4 members (excludes halogenated alkanes) is 1. The lowest BCUT2D eigenvalue weighted by Crippen LogP contribution is -2.25. The molecule has 0 saturated carbocycles. The maximum Gasteiger partial charge on any atom is 0.407 e. The van der Waals surface area contributed by atoms with Crippen molar-refractivity contribution in [2.45, 2.75) is 26.2 Å². The van der Waals surface area contributed by atoms with Gasteiger partial charge < -0.3 is 21.0 Å². The van der Waals surface area contributed by atoms with Crippen molar-refractivity contribution in [3.8, 4) is 0 Å². The van der Waals surface area contributed by atoms with Gasteiger partial charge in [-0.3, -0.25) is 0 Å². The van der Waals surface area contributed by atoms with Crippen molar-refractivity contribution in [3.63, 3.8) is 0 Å². The summed E-state index contributed by atoms with van der Waals surface area (Å²) in [6, 6.07) is 0. The van der Waals surface area contributed by atoms with E-state index < -0.39 is 6.09 Å². The van der Waals surface area contributed by atoms with E-state index in [0.29, 0.717) is 19.6 Å². The van der Waals surface area contributed by atoms with Crippen molar-refractivity contribution in [2.75, 3.05) is 13.2 Å². The van der Waals surface area contributed by atoms with Crippen LogP contribution in [0, 0.1) is 0 Å². The first-order chi connectivity index (χ1) is 6.70. The average Bonchev–Trinajstić information content (AvgIpc) is 2.17. The van der Waals surface area contributed by atoms with E-state index >= 15 is 0 Å². The molecular formula is C8H17N3O3. The lowest BCUT2D eigenvalue weighted by molar-refractivity contribution is 0.152. The summed E-state index contributed by atoms with van der Waals surface area (Å²) < 4.78 is 4.65. The summed E-state index contributed by atoms with van der Waals surface area (Å²) in [5.41, 5.74) is 5.25. The minimum Gasteiger partial charge on any atom is -0.450 e. The predicted molar refractivity (Wildman–Crippen MR) is 52.3 cm³/mol. The highest BCUT2D eigenvalue weighted by Gasteiger charge is 1.98. The maximum atomic E-state index is 10.8. The first-order valence-electron chi connectivity index (χ1n) is 4.57. The summed E-state index contributed by atoms with van der Waals surface area (Å²) in [4.78, 5) is 10.8. The minimum absolute atomic E-state index is 0.209. The van der Waals surface area contributed by atoms with Crippen LogP contribution in [0.2, 0.25) is 0 Å². The van der Waals surface area contributed by atoms with Gasteiger partial charge in [0.1, 0.15) is 5.84 Å². The van der Waals surface area contributed by atoms with Crippen LogP contribution in [0.4, 0.5) is 4.79 Å². The number of carbonyl (C=O) groups is 1. The third kappa shape index (κ3) is 7.20. The molecule has 82 valence electrons. The fourth-order valence-electron chi connectivity index (χ4n) is 0.854. The zero-order chi connectivity index (χ0) is 10.8. The molecule has 0 aliphatic carbocycles. The van der Waals surface area contributed by atoms with Gasteiger partial charge in [0.05, 0.1) is 6.61 Å². The number of amides is 1. The highest BCUT2D eigenvalue weighted by atomic mass is 16.5. The number of carbonyl (C=O) groups excluding carboxylic acids is 1. The highest BCUT2D eigenvalue weighted by molar-refractivity contribution is 5.79. The second-order valence-corrected chi connectivity index (χ2v) is 2.70. The average molecular weight is 203 g/mol. The Labute approximate surface area is 83.1 Å². The molecule has 0 bridgehead atoms. The Hall–Kier alpha value is -1.46. The maximum absolute atomic E-state index is 10.8. The van der Waals surface area contributed by atoms with E-state index in [4.69, 9.17) is 10.9 Å². The van der Waals surface area contributed by atoms with E-state index in [9.17, 15) is 4.79 Å². The molecular weight excluding hydrogens is 186 g/mol. The molecule has 0 fully saturated rings. The molecule has 0 aliphatic rings. The molecule has 0 aromatic rings. The number of amidine groups is 1. The van der Waals surface area contributed by atoms with Crippen molar-refractivity contribution in [3.05, 3.63) is 0 Å². The van der Waals surface area contributed by atoms with Gasteiger partial charge in [0.25, 0.3) is 0 Å². The quantitative estimate of drug-likeness (QED) is 0.194. The minimum atomic E-state index is -0.406. The zero-order valence-electron chi connectivity index (χ0n) is 8.32. The molecule has 0 saturated heterocycles. The topological polar surface area (TPSA) is 96.9 Å². The Balaban J connectivity index is 3.25. The van der Waals surface area contributed by atoms with Crippen LogP contribution in [0.25, 0.3) is 0 Å². The summed E-state index contributed by atoms with van der Waals surface area (Å²) >= 11 is 0. The lowest BCUT2D eigenvalue weighted by Gasteiger charge is -2.04. The van der Waals surface area contributed by atoms with E-state index in [0.717, 1.165) is 12.8 Å². The molecule has 0 spiro atoms. The Kier molecular flexibility index (Phi) is 7.30. The number of alkyl carbamates (subject to hydrolysis) is 1. The molecule has 1 amide bonds. The van der Waals surface area contributed by atoms with Gasteiger partial charge in [0.2, 0.25) is 0 Å². The first kappa shape index (κ1) is 12.5. The summed E-state index contributed by atoms with van der Waals surface area (Å²) in [7, 11) is 0. The number of nitrogens with two attached hydrogens (primary N) is 1. The standard InChI is InChI=1S/C8H17N3O3/c1-2-14-8(12)10-6-4-3-5-7(9)11-13/h13H,2-6H2,1H3,(H2,9,11)(H,10,12). The Morgan fingerprint density at radius 1 is 1.57 bits per heavy atom. The summed E-state index contributed by atoms with van der Waals surface area (Å²) in [6.45, 7) is 2.66. The van der Waals surface area contributed by atoms with Gasteiger partial charge >= 0.3 is 6.09 Å². The van der Waals surface area contributed by atoms with E-state index in [1.54, 1.807) is 6.92 Å². The normalized spacial score (nSPS) is 11.1. The number of ether oxygens (including phenoxy) is 1. The van der Waals surface area contributed by atoms with Gasteiger partial charge in [0.15, 0.2) is 0 Å². The summed E-state index contributed by atoms with van der Waals surface area (Å²) in [5, 5.41) is 13.6. The molecule has 0 radical (unpaired) electrons. The summed E-state index contributed by atoms with van der Waals surface area (Å²) in [6.07, 6.45) is 1.66. The third-order valence-corrected chi connectivity index (χ3v) is 1.53. The third-order valence-electron chi connectivity index (χ3n) is 1.53. The van der Waals surface area contributed by atoms with Crippen molar-refractivity contribution >= 4 is 11.9 Å². The van der Waals surface area contributed by atoms with Gasteiger partial charge in [-0.1, -0.05) is 5.16 Å². The van der Waals surface area contributed by atoms with Crippen LogP contribution in [-0.2, 0) is 4.74 Å². The predicted octanol–water partition coefficient (Wildman–Crippen LogP) is 0.649. The summed E-state index contributed by atoms with van der Waals surface area (Å²) in [5.74, 6) is 0.209. The SMILES string of the molecule is CCOC(=O)NCCCCC(N)=NO. The van der Waals surface area contributed by atoms with Crippen molar-refractivity contribution < 1.29 is 14.7 Å². The second-order valence-electron chi connectivity index (χ2n) is 2.70. The van der Waals surface area contributed by atoms with Crippen LogP contribution in [0.1, 0.15) is 26.2 Å². The van der Waals surface area contributed by atoms with Crippen LogP contribution < -0.4 is 11.1 Å². The Morgan fingerprint density at radius 2 is 2.29 bits per heavy atom. The molecule has 0 unspecified atom stereocenters. The van der Waals surface area contributed by atoms with Gasteiger partial charge in [-0.2, -0.15) is 0 Å². The Morgan fingerprint density at radius 3 is 2.86 bits per heavy atom. The van der Waals surface area contributed by atoms with Crippen LogP contribution in [-0.4, -0.2) is 30.3 Å². The van der Waals surface area contributed by atoms with Gasteiger partial charge in [-0.15, -0.1) is 0 Å². The fourth-order valence-corrected chi connectivity index (χ4v) is 0.854. The monoisotopic (exact) mass is 203 g/mol. The van der Waals surface area contributed by atoms with Crippen molar-refractivity contribution in [1.82, 2.24) is 5.32 Å². The largest absolute Gasteiger partial charge is 0.450 e. The second kappa shape index (κ2) is 8.15. The smallest absolute Gasteiger partial charge is 0.407 e. The van der Waals surface area contributed by atoms with E-state index in [-0.39, 0.29) is 5.84 Å². The molecule has 0 rings (SSSR count). The number of nitrogens with zero attached hydrogens (tertiary/aromatic N) is 1. The Bertz CT molecular complexity index is 194. The molecule has 0 aromatic carbocycles. The molecule has 0 atom stereocenters. The number of nitrogens with one attached hydrogen (secondary N) is 1. The number of hydrogen-bond acceptors (Lipinski definition) is 4. The van der Waals surface area contributed by atoms with Crippen LogP contribution in [0.15, 0.2) is 5.16 Å². The molecule has 0 aromatic heterocycles.